The Morgan fingerprint density at radius 2 is 1.83 bits per heavy atom. The molecule has 0 aliphatic heterocycles. The second kappa shape index (κ2) is 9.05. The number of ether oxygens (including phenoxy) is 2. The van der Waals surface area contributed by atoms with Crippen LogP contribution >= 0.6 is 0 Å². The van der Waals surface area contributed by atoms with Gasteiger partial charge in [-0.15, -0.1) is 0 Å². The van der Waals surface area contributed by atoms with Gasteiger partial charge in [0, 0.05) is 12.7 Å². The molecule has 0 radical (unpaired) electrons. The van der Waals surface area contributed by atoms with Gasteiger partial charge in [0.1, 0.15) is 11.7 Å². The van der Waals surface area contributed by atoms with Gasteiger partial charge in [-0.25, -0.2) is 4.79 Å². The fraction of sp³-hybridized carbons (Fsp3) is 0.733. The fourth-order valence-electron chi connectivity index (χ4n) is 1.90. The lowest BCUT2D eigenvalue weighted by molar-refractivity contribution is 0.0437. The predicted octanol–water partition coefficient (Wildman–Crippen LogP) is 1.50. The van der Waals surface area contributed by atoms with Crippen LogP contribution in [0, 0.1) is 5.92 Å². The van der Waals surface area contributed by atoms with Crippen LogP contribution < -0.4 is 5.32 Å². The van der Waals surface area contributed by atoms with Gasteiger partial charge in [-0.1, -0.05) is 20.4 Å². The van der Waals surface area contributed by atoms with E-state index in [9.17, 15) is 18.3 Å². The molecule has 0 aromatic heterocycles. The molecule has 0 rings (SSSR count). The van der Waals surface area contributed by atoms with Crippen LogP contribution in [0.25, 0.3) is 0 Å². The molecule has 0 bridgehead atoms. The second-order valence-electron chi connectivity index (χ2n) is 6.58. The molecule has 0 aromatic carbocycles. The number of methoxy groups -OCH3 is 1. The van der Waals surface area contributed by atoms with Crippen LogP contribution in [0.2, 0.25) is 0 Å². The molecule has 0 fully saturated rings. The molecule has 134 valence electrons. The van der Waals surface area contributed by atoms with Crippen molar-refractivity contribution in [3.63, 3.8) is 0 Å². The van der Waals surface area contributed by atoms with E-state index in [1.54, 1.807) is 20.8 Å². The van der Waals surface area contributed by atoms with Crippen LogP contribution in [0.4, 0.5) is 4.79 Å². The van der Waals surface area contributed by atoms with E-state index in [1.807, 2.05) is 13.8 Å². The Balaban J connectivity index is 5.28. The van der Waals surface area contributed by atoms with E-state index in [0.29, 0.717) is 6.42 Å². The Morgan fingerprint density at radius 3 is 2.17 bits per heavy atom. The van der Waals surface area contributed by atoms with Crippen molar-refractivity contribution in [3.8, 4) is 0 Å². The van der Waals surface area contributed by atoms with Gasteiger partial charge in [-0.3, -0.25) is 0 Å². The summed E-state index contributed by atoms with van der Waals surface area (Å²) in [6.07, 6.45) is -1.61. The van der Waals surface area contributed by atoms with E-state index < -0.39 is 39.2 Å². The molecule has 0 aliphatic carbocycles. The minimum Gasteiger partial charge on any atom is -0.444 e. The highest BCUT2D eigenvalue weighted by atomic mass is 32.2. The van der Waals surface area contributed by atoms with Crippen LogP contribution in [0.5, 0.6) is 0 Å². The van der Waals surface area contributed by atoms with Crippen molar-refractivity contribution in [2.24, 2.45) is 5.92 Å². The van der Waals surface area contributed by atoms with Gasteiger partial charge in [0.15, 0.2) is 0 Å². The van der Waals surface area contributed by atoms with Gasteiger partial charge in [-0.2, -0.15) is 8.42 Å². The Labute approximate surface area is 139 Å². The number of alkyl carbamates (subject to hydrolysis) is 1. The average molecular weight is 349 g/mol. The number of amides is 1. The molecule has 0 saturated carbocycles. The number of carbonyl (C=O) groups is 1. The summed E-state index contributed by atoms with van der Waals surface area (Å²) < 4.78 is 32.1. The van der Waals surface area contributed by atoms with Gasteiger partial charge in [-0.05, 0) is 33.1 Å². The van der Waals surface area contributed by atoms with Crippen molar-refractivity contribution in [2.75, 3.05) is 7.11 Å². The maximum absolute atomic E-state index is 11.9. The monoisotopic (exact) mass is 349 g/mol. The number of rotatable bonds is 6. The first-order valence-electron chi connectivity index (χ1n) is 7.26. The highest BCUT2D eigenvalue weighted by Crippen LogP contribution is 2.16. The summed E-state index contributed by atoms with van der Waals surface area (Å²) in [6.45, 7) is 12.5. The summed E-state index contributed by atoms with van der Waals surface area (Å²) in [7, 11) is -1.50. The summed E-state index contributed by atoms with van der Waals surface area (Å²) in [5.41, 5.74) is -0.808. The van der Waals surface area contributed by atoms with E-state index in [2.05, 4.69) is 11.9 Å². The molecule has 7 nitrogen and oxygen atoms in total. The highest BCUT2D eigenvalue weighted by Gasteiger charge is 2.29. The number of aliphatic hydroxyl groups is 1. The fourth-order valence-corrected chi connectivity index (χ4v) is 2.37. The van der Waals surface area contributed by atoms with Crippen LogP contribution in [-0.4, -0.2) is 49.5 Å². The summed E-state index contributed by atoms with van der Waals surface area (Å²) in [4.78, 5) is 11.9. The lowest BCUT2D eigenvalue weighted by Gasteiger charge is -2.28. The molecule has 0 spiro atoms. The maximum atomic E-state index is 11.9. The molecule has 23 heavy (non-hydrogen) atoms. The third-order valence-electron chi connectivity index (χ3n) is 2.76. The Bertz CT molecular complexity index is 551. The summed E-state index contributed by atoms with van der Waals surface area (Å²) in [5, 5.41) is 12.5. The zero-order valence-corrected chi connectivity index (χ0v) is 15.4. The van der Waals surface area contributed by atoms with Gasteiger partial charge in [0.2, 0.25) is 15.3 Å². The molecule has 0 aromatic rings. The van der Waals surface area contributed by atoms with Crippen molar-refractivity contribution in [1.82, 2.24) is 5.32 Å². The van der Waals surface area contributed by atoms with Crippen LogP contribution in [0.3, 0.4) is 0 Å². The molecule has 0 saturated heterocycles. The number of nitrogens with one attached hydrogen (secondary N) is 1. The number of hydrogen-bond acceptors (Lipinski definition) is 6. The quantitative estimate of drug-likeness (QED) is 0.556. The largest absolute Gasteiger partial charge is 0.444 e. The van der Waals surface area contributed by atoms with Crippen molar-refractivity contribution < 1.29 is 27.8 Å². The lowest BCUT2D eigenvalue weighted by atomic mass is 9.95. The predicted molar refractivity (Wildman–Crippen MR) is 88.7 cm³/mol. The average Bonchev–Trinajstić information content (AvgIpc) is 2.34. The smallest absolute Gasteiger partial charge is 0.407 e. The third-order valence-corrected chi connectivity index (χ3v) is 3.50. The minimum absolute atomic E-state index is 0.123. The van der Waals surface area contributed by atoms with Crippen molar-refractivity contribution >= 4 is 21.4 Å². The first-order valence-corrected chi connectivity index (χ1v) is 8.33. The molecule has 2 atom stereocenters. The summed E-state index contributed by atoms with van der Waals surface area (Å²) in [5.74, 6) is 0.140. The number of carbonyl (C=O) groups excluding carboxylic acids is 1. The van der Waals surface area contributed by atoms with Crippen LogP contribution in [-0.2, 0) is 19.8 Å². The Kier molecular flexibility index (Phi) is 8.50. The van der Waals surface area contributed by atoms with Gasteiger partial charge in [0.05, 0.1) is 6.04 Å². The van der Waals surface area contributed by atoms with Gasteiger partial charge in [0.25, 0.3) is 0 Å². The number of hydrogen-bond donors (Lipinski definition) is 2. The number of aliphatic hydroxyl groups excluding tert-OH is 1. The molecule has 8 heteroatoms. The summed E-state index contributed by atoms with van der Waals surface area (Å²) >= 11 is 0. The molecule has 2 N–H and O–H groups in total. The second-order valence-corrected chi connectivity index (χ2v) is 7.42. The van der Waals surface area contributed by atoms with Crippen LogP contribution in [0.15, 0.2) is 12.2 Å². The topological polar surface area (TPSA) is 102 Å². The molecular weight excluding hydrogens is 322 g/mol. The summed E-state index contributed by atoms with van der Waals surface area (Å²) in [6, 6.07) is -0.758. The SMILES string of the molecule is C=C(C(OC)=S(=O)=O)C(O)C(CC(C)C)NC(=O)OC(C)(C)C. The van der Waals surface area contributed by atoms with E-state index in [0.717, 1.165) is 0 Å². The van der Waals surface area contributed by atoms with Gasteiger partial charge < -0.3 is 19.9 Å². The Hall–Kier alpha value is -1.38. The lowest BCUT2D eigenvalue weighted by Crippen LogP contribution is -2.47. The zero-order valence-electron chi connectivity index (χ0n) is 14.5. The Morgan fingerprint density at radius 1 is 1.30 bits per heavy atom. The van der Waals surface area contributed by atoms with E-state index in [4.69, 9.17) is 9.47 Å². The molecule has 0 aliphatic rings. The van der Waals surface area contributed by atoms with Crippen LogP contribution in [0.1, 0.15) is 41.0 Å². The molecule has 0 heterocycles. The zero-order chi connectivity index (χ0) is 18.4. The molecule has 2 unspecified atom stereocenters. The molecular formula is C15H27NO6S. The van der Waals surface area contributed by atoms with Crippen molar-refractivity contribution in [1.29, 1.82) is 0 Å². The van der Waals surface area contributed by atoms with E-state index >= 15 is 0 Å². The first kappa shape index (κ1) is 21.6. The minimum atomic E-state index is -2.67. The van der Waals surface area contributed by atoms with E-state index in [1.165, 1.54) is 7.11 Å². The van der Waals surface area contributed by atoms with Crippen molar-refractivity contribution in [2.45, 2.75) is 58.8 Å². The van der Waals surface area contributed by atoms with Gasteiger partial charge >= 0.3 is 6.09 Å². The third kappa shape index (κ3) is 8.15. The normalized spacial score (nSPS) is 14.1. The molecule has 1 amide bonds. The maximum Gasteiger partial charge on any atom is 0.407 e. The van der Waals surface area contributed by atoms with E-state index in [-0.39, 0.29) is 11.5 Å². The first-order chi connectivity index (χ1) is 10.4. The van der Waals surface area contributed by atoms with Crippen molar-refractivity contribution in [3.05, 3.63) is 12.2 Å². The highest BCUT2D eigenvalue weighted by molar-refractivity contribution is 7.73. The standard InChI is InChI=1S/C15H27NO6S/c1-9(2)8-11(16-14(18)22-15(4,5)6)12(17)10(3)13(21-7)23(19)20/h9,11-12,17H,3,8H2,1-2,4-7H3,(H,16,18).